The summed E-state index contributed by atoms with van der Waals surface area (Å²) in [4.78, 5) is 6.88. The number of anilines is 1. The summed E-state index contributed by atoms with van der Waals surface area (Å²) in [7, 11) is 0. The molecular formula is C9H11ClN2S. The van der Waals surface area contributed by atoms with Crippen LogP contribution in [0.1, 0.15) is 12.1 Å². The summed E-state index contributed by atoms with van der Waals surface area (Å²) in [5.41, 5.74) is 1.02. The Morgan fingerprint density at radius 2 is 2.31 bits per heavy atom. The van der Waals surface area contributed by atoms with E-state index in [1.54, 1.807) is 11.3 Å². The number of alkyl halides is 1. The molecule has 0 aromatic carbocycles. The number of piperidine rings is 1. The Morgan fingerprint density at radius 3 is 2.92 bits per heavy atom. The van der Waals surface area contributed by atoms with Gasteiger partial charge >= 0.3 is 0 Å². The molecule has 13 heavy (non-hydrogen) atoms. The summed E-state index contributed by atoms with van der Waals surface area (Å²) in [6.07, 6.45) is 1.45. The van der Waals surface area contributed by atoms with Crippen LogP contribution in [-0.2, 0) is 5.88 Å². The molecule has 2 atom stereocenters. The Balaban J connectivity index is 1.77. The third-order valence-electron chi connectivity index (χ3n) is 2.93. The van der Waals surface area contributed by atoms with Gasteiger partial charge in [-0.25, -0.2) is 4.98 Å². The van der Waals surface area contributed by atoms with Crippen molar-refractivity contribution in [1.29, 1.82) is 0 Å². The van der Waals surface area contributed by atoms with Gasteiger partial charge in [-0.05, 0) is 18.3 Å². The predicted molar refractivity (Wildman–Crippen MR) is 55.5 cm³/mol. The second kappa shape index (κ2) is 2.85. The molecular weight excluding hydrogens is 204 g/mol. The van der Waals surface area contributed by atoms with E-state index >= 15 is 0 Å². The third-order valence-corrected chi connectivity index (χ3v) is 4.15. The lowest BCUT2D eigenvalue weighted by molar-refractivity contribution is 0.813. The summed E-state index contributed by atoms with van der Waals surface area (Å²) in [6.45, 7) is 2.44. The third kappa shape index (κ3) is 1.34. The van der Waals surface area contributed by atoms with Crippen LogP contribution in [0.3, 0.4) is 0 Å². The van der Waals surface area contributed by atoms with Gasteiger partial charge in [0.2, 0.25) is 0 Å². The smallest absolute Gasteiger partial charge is 0.185 e. The maximum atomic E-state index is 5.71. The van der Waals surface area contributed by atoms with Crippen molar-refractivity contribution in [2.75, 3.05) is 18.0 Å². The number of fused-ring (bicyclic) bond motifs is 1. The van der Waals surface area contributed by atoms with Crippen LogP contribution in [-0.4, -0.2) is 18.1 Å². The van der Waals surface area contributed by atoms with Crippen molar-refractivity contribution in [2.45, 2.75) is 12.3 Å². The van der Waals surface area contributed by atoms with Crippen LogP contribution in [0.5, 0.6) is 0 Å². The van der Waals surface area contributed by atoms with E-state index in [-0.39, 0.29) is 0 Å². The fourth-order valence-electron chi connectivity index (χ4n) is 2.06. The summed E-state index contributed by atoms with van der Waals surface area (Å²) < 4.78 is 0. The molecule has 0 amide bonds. The molecule has 3 rings (SSSR count). The minimum Gasteiger partial charge on any atom is -0.348 e. The Labute approximate surface area is 86.5 Å². The van der Waals surface area contributed by atoms with Crippen LogP contribution in [0.15, 0.2) is 5.38 Å². The summed E-state index contributed by atoms with van der Waals surface area (Å²) in [5.74, 6) is 2.49. The second-order valence-corrected chi connectivity index (χ2v) is 5.02. The van der Waals surface area contributed by atoms with Crippen molar-refractivity contribution in [3.8, 4) is 0 Å². The first-order chi connectivity index (χ1) is 6.36. The lowest BCUT2D eigenvalue weighted by atomic mass is 10.4. The van der Waals surface area contributed by atoms with Crippen molar-refractivity contribution in [1.82, 2.24) is 4.98 Å². The Bertz CT molecular complexity index is 315. The van der Waals surface area contributed by atoms with Crippen molar-refractivity contribution in [2.24, 2.45) is 11.8 Å². The van der Waals surface area contributed by atoms with Crippen LogP contribution < -0.4 is 4.90 Å². The first-order valence-corrected chi connectivity index (χ1v) is 6.03. The lowest BCUT2D eigenvalue weighted by Gasteiger charge is -2.15. The fourth-order valence-corrected chi connectivity index (χ4v) is 3.13. The monoisotopic (exact) mass is 214 g/mol. The van der Waals surface area contributed by atoms with Gasteiger partial charge in [-0.2, -0.15) is 0 Å². The average Bonchev–Trinajstić information content (AvgIpc) is 2.67. The van der Waals surface area contributed by atoms with Crippen LogP contribution in [0.2, 0.25) is 0 Å². The molecule has 2 fully saturated rings. The zero-order valence-electron chi connectivity index (χ0n) is 7.24. The zero-order valence-corrected chi connectivity index (χ0v) is 8.81. The number of thiazole rings is 1. The van der Waals surface area contributed by atoms with E-state index in [0.717, 1.165) is 17.5 Å². The van der Waals surface area contributed by atoms with Crippen molar-refractivity contribution in [3.05, 3.63) is 11.1 Å². The molecule has 1 saturated carbocycles. The number of rotatable bonds is 2. The minimum atomic E-state index is 0.539. The number of hydrogen-bond donors (Lipinski definition) is 0. The normalized spacial score (nSPS) is 30.7. The van der Waals surface area contributed by atoms with E-state index < -0.39 is 0 Å². The van der Waals surface area contributed by atoms with E-state index in [0.29, 0.717) is 5.88 Å². The zero-order chi connectivity index (χ0) is 8.84. The highest BCUT2D eigenvalue weighted by molar-refractivity contribution is 7.13. The first-order valence-electron chi connectivity index (χ1n) is 4.62. The minimum absolute atomic E-state index is 0.539. The van der Waals surface area contributed by atoms with Gasteiger partial charge in [0.25, 0.3) is 0 Å². The topological polar surface area (TPSA) is 16.1 Å². The SMILES string of the molecule is ClCc1csc(N2CC3CC3C2)n1. The molecule has 70 valence electrons. The molecule has 0 N–H and O–H groups in total. The molecule has 0 bridgehead atoms. The number of aromatic nitrogens is 1. The van der Waals surface area contributed by atoms with E-state index in [1.165, 1.54) is 24.6 Å². The van der Waals surface area contributed by atoms with Gasteiger partial charge < -0.3 is 4.90 Å². The second-order valence-electron chi connectivity index (χ2n) is 3.92. The molecule has 2 unspecified atom stereocenters. The maximum absolute atomic E-state index is 5.71. The first kappa shape index (κ1) is 8.06. The van der Waals surface area contributed by atoms with E-state index in [9.17, 15) is 0 Å². The number of hydrogen-bond acceptors (Lipinski definition) is 3. The summed E-state index contributed by atoms with van der Waals surface area (Å²) in [5, 5.41) is 3.23. The molecule has 1 aliphatic carbocycles. The highest BCUT2D eigenvalue weighted by atomic mass is 35.5. The Morgan fingerprint density at radius 1 is 1.54 bits per heavy atom. The molecule has 0 radical (unpaired) electrons. The van der Waals surface area contributed by atoms with Crippen LogP contribution in [0.25, 0.3) is 0 Å². The van der Waals surface area contributed by atoms with Crippen LogP contribution in [0.4, 0.5) is 5.13 Å². The molecule has 2 heterocycles. The Kier molecular flexibility index (Phi) is 1.77. The van der Waals surface area contributed by atoms with Crippen molar-refractivity contribution < 1.29 is 0 Å². The molecule has 1 aromatic rings. The fraction of sp³-hybridized carbons (Fsp3) is 0.667. The largest absolute Gasteiger partial charge is 0.348 e. The van der Waals surface area contributed by atoms with E-state index in [2.05, 4.69) is 15.3 Å². The van der Waals surface area contributed by atoms with Crippen LogP contribution >= 0.6 is 22.9 Å². The molecule has 2 aliphatic rings. The van der Waals surface area contributed by atoms with Crippen molar-refractivity contribution >= 4 is 28.1 Å². The molecule has 4 heteroatoms. The van der Waals surface area contributed by atoms with Crippen molar-refractivity contribution in [3.63, 3.8) is 0 Å². The molecule has 1 saturated heterocycles. The summed E-state index contributed by atoms with van der Waals surface area (Å²) >= 11 is 7.43. The Hall–Kier alpha value is -0.280. The van der Waals surface area contributed by atoms with Gasteiger partial charge in [0.1, 0.15) is 0 Å². The highest BCUT2D eigenvalue weighted by Gasteiger charge is 2.45. The predicted octanol–water partition coefficient (Wildman–Crippen LogP) is 2.34. The standard InChI is InChI=1S/C9H11ClN2S/c10-2-8-5-13-9(11-8)12-3-6-1-7(6)4-12/h5-7H,1-4H2. The molecule has 2 nitrogen and oxygen atoms in total. The number of halogens is 1. The van der Waals surface area contributed by atoms with Gasteiger partial charge in [0.15, 0.2) is 5.13 Å². The molecule has 0 spiro atoms. The highest BCUT2D eigenvalue weighted by Crippen LogP contribution is 2.46. The van der Waals surface area contributed by atoms with Gasteiger partial charge in [-0.15, -0.1) is 22.9 Å². The van der Waals surface area contributed by atoms with Gasteiger partial charge in [0.05, 0.1) is 11.6 Å². The number of nitrogens with zero attached hydrogens (tertiary/aromatic N) is 2. The molecule has 1 aromatic heterocycles. The molecule has 1 aliphatic heterocycles. The van der Waals surface area contributed by atoms with Gasteiger partial charge in [0, 0.05) is 18.5 Å². The van der Waals surface area contributed by atoms with Gasteiger partial charge in [-0.1, -0.05) is 0 Å². The quantitative estimate of drug-likeness (QED) is 0.703. The lowest BCUT2D eigenvalue weighted by Crippen LogP contribution is -2.21. The summed E-state index contributed by atoms with van der Waals surface area (Å²) in [6, 6.07) is 0. The van der Waals surface area contributed by atoms with E-state index in [4.69, 9.17) is 11.6 Å². The average molecular weight is 215 g/mol. The van der Waals surface area contributed by atoms with E-state index in [1.807, 2.05) is 0 Å². The van der Waals surface area contributed by atoms with Gasteiger partial charge in [-0.3, -0.25) is 0 Å². The van der Waals surface area contributed by atoms with Crippen LogP contribution in [0, 0.1) is 11.8 Å². The maximum Gasteiger partial charge on any atom is 0.185 e.